The topological polar surface area (TPSA) is 94.3 Å². The van der Waals surface area contributed by atoms with E-state index in [1.807, 2.05) is 6.07 Å². The maximum atomic E-state index is 13.0. The molecule has 0 aliphatic rings. The van der Waals surface area contributed by atoms with E-state index in [0.717, 1.165) is 5.56 Å². The number of pyridine rings is 2. The first-order valence-corrected chi connectivity index (χ1v) is 10.5. The van der Waals surface area contributed by atoms with Gasteiger partial charge in [0.25, 0.3) is 10.0 Å². The van der Waals surface area contributed by atoms with Crippen LogP contribution in [0, 0.1) is 6.92 Å². The van der Waals surface area contributed by atoms with E-state index in [9.17, 15) is 8.42 Å². The Morgan fingerprint density at radius 1 is 1.21 bits per heavy atom. The van der Waals surface area contributed by atoms with Crippen LogP contribution in [0.25, 0.3) is 11.1 Å². The van der Waals surface area contributed by atoms with Crippen LogP contribution >= 0.6 is 11.6 Å². The van der Waals surface area contributed by atoms with Crippen LogP contribution in [-0.2, 0) is 16.6 Å². The van der Waals surface area contributed by atoms with E-state index in [0.29, 0.717) is 21.7 Å². The average Bonchev–Trinajstić information content (AvgIpc) is 3.16. The molecule has 0 radical (unpaired) electrons. The Kier molecular flexibility index (Phi) is 5.12. The second kappa shape index (κ2) is 7.73. The Labute approximate surface area is 172 Å². The minimum Gasteiger partial charge on any atom is -0.485 e. The fourth-order valence-corrected chi connectivity index (χ4v) is 4.28. The van der Waals surface area contributed by atoms with Gasteiger partial charge >= 0.3 is 0 Å². The highest BCUT2D eigenvalue weighted by atomic mass is 35.5. The van der Waals surface area contributed by atoms with Gasteiger partial charge in [-0.1, -0.05) is 23.7 Å². The Hall–Kier alpha value is -3.10. The molecule has 3 heterocycles. The van der Waals surface area contributed by atoms with Crippen molar-refractivity contribution in [2.75, 3.05) is 4.72 Å². The molecular weight excluding hydrogens is 414 g/mol. The number of nitrogens with zero attached hydrogens (tertiary/aromatic N) is 2. The maximum absolute atomic E-state index is 13.0. The molecule has 0 atom stereocenters. The number of benzene rings is 1. The number of hydrogen-bond acceptors (Lipinski definition) is 6. The molecular formula is C20H16ClN3O4S. The van der Waals surface area contributed by atoms with E-state index in [1.165, 1.54) is 12.3 Å². The van der Waals surface area contributed by atoms with Crippen molar-refractivity contribution < 1.29 is 17.6 Å². The lowest BCUT2D eigenvalue weighted by Crippen LogP contribution is -2.16. The van der Waals surface area contributed by atoms with Crippen LogP contribution in [0.5, 0.6) is 5.75 Å². The van der Waals surface area contributed by atoms with Crippen molar-refractivity contribution in [1.82, 2.24) is 9.97 Å². The monoisotopic (exact) mass is 429 g/mol. The third-order valence-electron chi connectivity index (χ3n) is 4.26. The summed E-state index contributed by atoms with van der Waals surface area (Å²) in [7, 11) is -3.94. The van der Waals surface area contributed by atoms with Crippen LogP contribution in [0.2, 0.25) is 5.02 Å². The van der Waals surface area contributed by atoms with Crippen LogP contribution in [0.15, 0.2) is 70.4 Å². The molecule has 0 fully saturated rings. The molecule has 0 spiro atoms. The Bertz CT molecular complexity index is 1270. The zero-order valence-corrected chi connectivity index (χ0v) is 16.9. The summed E-state index contributed by atoms with van der Waals surface area (Å²) in [6.07, 6.45) is 4.80. The van der Waals surface area contributed by atoms with Gasteiger partial charge in [0.05, 0.1) is 11.2 Å². The second-order valence-electron chi connectivity index (χ2n) is 6.26. The molecule has 1 aromatic carbocycles. The molecule has 0 saturated carbocycles. The number of rotatable bonds is 6. The lowest BCUT2D eigenvalue weighted by molar-refractivity contribution is 0.306. The first-order chi connectivity index (χ1) is 13.9. The fraction of sp³-hybridized carbons (Fsp3) is 0.100. The molecule has 0 aliphatic heterocycles. The molecule has 148 valence electrons. The van der Waals surface area contributed by atoms with Crippen LogP contribution in [0.3, 0.4) is 0 Å². The summed E-state index contributed by atoms with van der Waals surface area (Å²) >= 11 is 6.08. The highest BCUT2D eigenvalue weighted by Gasteiger charge is 2.22. The molecule has 0 saturated heterocycles. The van der Waals surface area contributed by atoms with E-state index >= 15 is 0 Å². The van der Waals surface area contributed by atoms with E-state index in [-0.39, 0.29) is 23.1 Å². The standard InChI is InChI=1S/C20H16ClN3O4S/c1-13-15(21)5-2-6-19(13)29(25,26)24-20-18(10-17-16(23-20)7-9-27-17)28-12-14-4-3-8-22-11-14/h2-11H,12H2,1H3,(H,23,24). The lowest BCUT2D eigenvalue weighted by Gasteiger charge is -2.14. The van der Waals surface area contributed by atoms with Gasteiger partial charge < -0.3 is 9.15 Å². The number of halogens is 1. The molecule has 0 bridgehead atoms. The molecule has 1 N–H and O–H groups in total. The van der Waals surface area contributed by atoms with Crippen LogP contribution in [0.1, 0.15) is 11.1 Å². The number of nitrogens with one attached hydrogen (secondary N) is 1. The van der Waals surface area contributed by atoms with Gasteiger partial charge in [-0.3, -0.25) is 9.71 Å². The quantitative estimate of drug-likeness (QED) is 0.482. The highest BCUT2D eigenvalue weighted by molar-refractivity contribution is 7.92. The predicted molar refractivity (Wildman–Crippen MR) is 110 cm³/mol. The van der Waals surface area contributed by atoms with E-state index < -0.39 is 10.0 Å². The number of furan rings is 1. The molecule has 0 aliphatic carbocycles. The lowest BCUT2D eigenvalue weighted by atomic mass is 10.2. The third kappa shape index (κ3) is 4.03. The number of aromatic nitrogens is 2. The summed E-state index contributed by atoms with van der Waals surface area (Å²) in [5.74, 6) is 0.293. The largest absolute Gasteiger partial charge is 0.485 e. The number of hydrogen-bond donors (Lipinski definition) is 1. The van der Waals surface area contributed by atoms with Crippen molar-refractivity contribution in [2.24, 2.45) is 0 Å². The van der Waals surface area contributed by atoms with Crippen molar-refractivity contribution in [1.29, 1.82) is 0 Å². The molecule has 29 heavy (non-hydrogen) atoms. The summed E-state index contributed by atoms with van der Waals surface area (Å²) < 4.78 is 39.6. The van der Waals surface area contributed by atoms with E-state index in [2.05, 4.69) is 14.7 Å². The van der Waals surface area contributed by atoms with E-state index in [4.69, 9.17) is 20.8 Å². The number of anilines is 1. The highest BCUT2D eigenvalue weighted by Crippen LogP contribution is 2.31. The molecule has 7 nitrogen and oxygen atoms in total. The van der Waals surface area contributed by atoms with Gasteiger partial charge in [0.1, 0.15) is 12.1 Å². The summed E-state index contributed by atoms with van der Waals surface area (Å²) in [5.41, 5.74) is 2.25. The fourth-order valence-electron chi connectivity index (χ4n) is 2.77. The van der Waals surface area contributed by atoms with Crippen molar-refractivity contribution in [2.45, 2.75) is 18.4 Å². The van der Waals surface area contributed by atoms with Gasteiger partial charge in [0.2, 0.25) is 0 Å². The predicted octanol–water partition coefficient (Wildman–Crippen LogP) is 4.56. The first kappa shape index (κ1) is 19.2. The minimum absolute atomic E-state index is 0.0576. The normalized spacial score (nSPS) is 11.5. The Morgan fingerprint density at radius 3 is 2.86 bits per heavy atom. The Morgan fingerprint density at radius 2 is 2.07 bits per heavy atom. The first-order valence-electron chi connectivity index (χ1n) is 8.62. The van der Waals surface area contributed by atoms with Gasteiger partial charge in [-0.15, -0.1) is 0 Å². The SMILES string of the molecule is Cc1c(Cl)cccc1S(=O)(=O)Nc1nc2ccoc2cc1OCc1cccnc1. The summed E-state index contributed by atoms with van der Waals surface area (Å²) in [5, 5.41) is 0.360. The maximum Gasteiger partial charge on any atom is 0.263 e. The minimum atomic E-state index is -3.94. The number of fused-ring (bicyclic) bond motifs is 1. The molecule has 4 aromatic rings. The van der Waals surface area contributed by atoms with Crippen LogP contribution < -0.4 is 9.46 Å². The van der Waals surface area contributed by atoms with Crippen LogP contribution in [-0.4, -0.2) is 18.4 Å². The van der Waals surface area contributed by atoms with Crippen molar-refractivity contribution >= 4 is 38.5 Å². The molecule has 9 heteroatoms. The molecule has 4 rings (SSSR count). The molecule has 0 amide bonds. The van der Waals surface area contributed by atoms with Gasteiger partial charge in [-0.05, 0) is 30.7 Å². The number of sulfonamides is 1. The molecule has 3 aromatic heterocycles. The number of ether oxygens (including phenoxy) is 1. The zero-order valence-electron chi connectivity index (χ0n) is 15.3. The smallest absolute Gasteiger partial charge is 0.263 e. The average molecular weight is 430 g/mol. The third-order valence-corrected chi connectivity index (χ3v) is 6.15. The van der Waals surface area contributed by atoms with Crippen molar-refractivity contribution in [3.63, 3.8) is 0 Å². The van der Waals surface area contributed by atoms with Crippen molar-refractivity contribution in [3.8, 4) is 5.75 Å². The van der Waals surface area contributed by atoms with Gasteiger partial charge in [-0.2, -0.15) is 0 Å². The summed E-state index contributed by atoms with van der Waals surface area (Å²) in [4.78, 5) is 8.46. The van der Waals surface area contributed by atoms with Crippen molar-refractivity contribution in [3.05, 3.63) is 77.3 Å². The second-order valence-corrected chi connectivity index (χ2v) is 8.32. The summed E-state index contributed by atoms with van der Waals surface area (Å²) in [6, 6.07) is 11.6. The van der Waals surface area contributed by atoms with Gasteiger partial charge in [0.15, 0.2) is 17.2 Å². The van der Waals surface area contributed by atoms with Gasteiger partial charge in [0, 0.05) is 35.1 Å². The summed E-state index contributed by atoms with van der Waals surface area (Å²) in [6.45, 7) is 1.83. The zero-order chi connectivity index (χ0) is 20.4. The van der Waals surface area contributed by atoms with Crippen LogP contribution in [0.4, 0.5) is 5.82 Å². The Balaban J connectivity index is 1.71. The van der Waals surface area contributed by atoms with E-state index in [1.54, 1.807) is 49.6 Å². The molecule has 0 unspecified atom stereocenters. The van der Waals surface area contributed by atoms with Gasteiger partial charge in [-0.25, -0.2) is 13.4 Å².